The minimum atomic E-state index is -0.818. The molecular formula is C12H12F2O2. The molecule has 1 aromatic rings. The summed E-state index contributed by atoms with van der Waals surface area (Å²) in [6.07, 6.45) is 3.66. The number of hydrogen-bond acceptors (Lipinski definition) is 2. The molecule has 0 saturated heterocycles. The van der Waals surface area contributed by atoms with Gasteiger partial charge in [0.25, 0.3) is 0 Å². The Labute approximate surface area is 92.2 Å². The van der Waals surface area contributed by atoms with Crippen LogP contribution in [-0.2, 0) is 0 Å². The lowest BCUT2D eigenvalue weighted by Gasteiger charge is -2.25. The molecule has 0 atom stereocenters. The lowest BCUT2D eigenvalue weighted by molar-refractivity contribution is 0.112. The highest BCUT2D eigenvalue weighted by Crippen LogP contribution is 2.29. The third-order valence-corrected chi connectivity index (χ3v) is 2.84. The maximum absolute atomic E-state index is 13.3. The van der Waals surface area contributed by atoms with Crippen molar-refractivity contribution < 1.29 is 18.3 Å². The molecular weight excluding hydrogens is 214 g/mol. The molecule has 16 heavy (non-hydrogen) atoms. The van der Waals surface area contributed by atoms with E-state index < -0.39 is 11.6 Å². The molecule has 1 aliphatic carbocycles. The third kappa shape index (κ3) is 2.21. The average Bonchev–Trinajstić information content (AvgIpc) is 2.19. The van der Waals surface area contributed by atoms with Crippen LogP contribution < -0.4 is 4.74 Å². The van der Waals surface area contributed by atoms with E-state index in [4.69, 9.17) is 4.74 Å². The normalized spacial score (nSPS) is 15.6. The van der Waals surface area contributed by atoms with Crippen LogP contribution in [0.4, 0.5) is 8.78 Å². The van der Waals surface area contributed by atoms with Gasteiger partial charge in [-0.3, -0.25) is 4.79 Å². The molecule has 2 nitrogen and oxygen atoms in total. The smallest absolute Gasteiger partial charge is 0.190 e. The number of benzene rings is 1. The molecule has 86 valence electrons. The summed E-state index contributed by atoms with van der Waals surface area (Å²) < 4.78 is 31.8. The van der Waals surface area contributed by atoms with Gasteiger partial charge in [-0.25, -0.2) is 8.78 Å². The molecule has 0 amide bonds. The lowest BCUT2D eigenvalue weighted by Crippen LogP contribution is -2.20. The topological polar surface area (TPSA) is 26.3 Å². The van der Waals surface area contributed by atoms with Crippen molar-refractivity contribution in [2.24, 2.45) is 5.92 Å². The monoisotopic (exact) mass is 226 g/mol. The van der Waals surface area contributed by atoms with Crippen LogP contribution in [0.25, 0.3) is 0 Å². The average molecular weight is 226 g/mol. The predicted molar refractivity (Wildman–Crippen MR) is 54.6 cm³/mol. The second kappa shape index (κ2) is 4.60. The molecule has 0 bridgehead atoms. The Morgan fingerprint density at radius 1 is 1.31 bits per heavy atom. The van der Waals surface area contributed by atoms with Gasteiger partial charge in [-0.15, -0.1) is 0 Å². The summed E-state index contributed by atoms with van der Waals surface area (Å²) in [6.45, 7) is 0.342. The molecule has 1 aromatic carbocycles. The Balaban J connectivity index is 2.09. The van der Waals surface area contributed by atoms with Crippen molar-refractivity contribution in [3.8, 4) is 5.75 Å². The van der Waals surface area contributed by atoms with Gasteiger partial charge in [0.15, 0.2) is 17.4 Å². The number of rotatable bonds is 4. The maximum Gasteiger partial charge on any atom is 0.190 e. The summed E-state index contributed by atoms with van der Waals surface area (Å²) in [4.78, 5) is 10.4. The number of carbonyl (C=O) groups excluding carboxylic acids is 1. The summed E-state index contributed by atoms with van der Waals surface area (Å²) in [5, 5.41) is 0. The van der Waals surface area contributed by atoms with Crippen molar-refractivity contribution in [2.45, 2.75) is 19.3 Å². The molecule has 0 radical (unpaired) electrons. The molecule has 2 rings (SSSR count). The molecule has 0 heterocycles. The quantitative estimate of drug-likeness (QED) is 0.738. The minimum Gasteiger partial charge on any atom is -0.487 e. The first kappa shape index (κ1) is 11.0. The number of halogens is 2. The fraction of sp³-hybridized carbons (Fsp3) is 0.417. The second-order valence-corrected chi connectivity index (χ2v) is 4.04. The van der Waals surface area contributed by atoms with Gasteiger partial charge in [0, 0.05) is 5.56 Å². The van der Waals surface area contributed by atoms with Crippen LogP contribution in [0.1, 0.15) is 29.6 Å². The first-order chi connectivity index (χ1) is 7.70. The Kier molecular flexibility index (Phi) is 3.17. The standard InChI is InChI=1S/C12H12F2O2/c13-10-4-9(6-15)5-11(14)12(10)16-7-8-2-1-3-8/h4-6,8H,1-3,7H2. The van der Waals surface area contributed by atoms with Gasteiger partial charge >= 0.3 is 0 Å². The lowest BCUT2D eigenvalue weighted by atomic mass is 9.86. The maximum atomic E-state index is 13.3. The van der Waals surface area contributed by atoms with E-state index in [-0.39, 0.29) is 11.3 Å². The van der Waals surface area contributed by atoms with Crippen LogP contribution >= 0.6 is 0 Å². The first-order valence-electron chi connectivity index (χ1n) is 5.27. The van der Waals surface area contributed by atoms with Crippen LogP contribution in [0.3, 0.4) is 0 Å². The van der Waals surface area contributed by atoms with E-state index in [1.165, 1.54) is 0 Å². The molecule has 0 unspecified atom stereocenters. The third-order valence-electron chi connectivity index (χ3n) is 2.84. The van der Waals surface area contributed by atoms with E-state index >= 15 is 0 Å². The van der Waals surface area contributed by atoms with Crippen molar-refractivity contribution in [3.05, 3.63) is 29.3 Å². The highest BCUT2D eigenvalue weighted by molar-refractivity contribution is 5.75. The Morgan fingerprint density at radius 3 is 2.38 bits per heavy atom. The van der Waals surface area contributed by atoms with Gasteiger partial charge in [0.05, 0.1) is 6.61 Å². The van der Waals surface area contributed by atoms with Crippen LogP contribution in [0.5, 0.6) is 5.75 Å². The molecule has 4 heteroatoms. The van der Waals surface area contributed by atoms with E-state index in [2.05, 4.69) is 0 Å². The fourth-order valence-corrected chi connectivity index (χ4v) is 1.65. The summed E-state index contributed by atoms with van der Waals surface area (Å²) in [5.74, 6) is -1.61. The highest BCUT2D eigenvalue weighted by Gasteiger charge is 2.20. The summed E-state index contributed by atoms with van der Waals surface area (Å²) in [5.41, 5.74) is -0.0222. The minimum absolute atomic E-state index is 0.0222. The van der Waals surface area contributed by atoms with Crippen LogP contribution in [0.2, 0.25) is 0 Å². The van der Waals surface area contributed by atoms with E-state index in [1.54, 1.807) is 0 Å². The molecule has 1 fully saturated rings. The van der Waals surface area contributed by atoms with Gasteiger partial charge < -0.3 is 4.74 Å². The van der Waals surface area contributed by atoms with Crippen LogP contribution in [0, 0.1) is 17.6 Å². The molecule has 0 aliphatic heterocycles. The number of carbonyl (C=O) groups is 1. The predicted octanol–water partition coefficient (Wildman–Crippen LogP) is 2.96. The van der Waals surface area contributed by atoms with Gasteiger partial charge in [0.1, 0.15) is 6.29 Å². The molecule has 0 aromatic heterocycles. The molecule has 0 N–H and O–H groups in total. The summed E-state index contributed by atoms with van der Waals surface area (Å²) in [7, 11) is 0. The zero-order valence-electron chi connectivity index (χ0n) is 8.71. The Bertz CT molecular complexity index is 377. The zero-order valence-corrected chi connectivity index (χ0v) is 8.71. The largest absolute Gasteiger partial charge is 0.487 e. The Morgan fingerprint density at radius 2 is 1.94 bits per heavy atom. The number of aldehydes is 1. The zero-order chi connectivity index (χ0) is 11.5. The van der Waals surface area contributed by atoms with Crippen molar-refractivity contribution in [1.29, 1.82) is 0 Å². The van der Waals surface area contributed by atoms with Gasteiger partial charge in [-0.05, 0) is 30.9 Å². The van der Waals surface area contributed by atoms with Crippen LogP contribution in [0.15, 0.2) is 12.1 Å². The van der Waals surface area contributed by atoms with E-state index in [0.29, 0.717) is 18.8 Å². The second-order valence-electron chi connectivity index (χ2n) is 4.04. The van der Waals surface area contributed by atoms with E-state index in [1.807, 2.05) is 0 Å². The summed E-state index contributed by atoms with van der Waals surface area (Å²) in [6, 6.07) is 1.96. The van der Waals surface area contributed by atoms with Crippen molar-refractivity contribution >= 4 is 6.29 Å². The van der Waals surface area contributed by atoms with E-state index in [0.717, 1.165) is 31.4 Å². The molecule has 1 aliphatic rings. The van der Waals surface area contributed by atoms with Crippen molar-refractivity contribution in [3.63, 3.8) is 0 Å². The first-order valence-corrected chi connectivity index (χ1v) is 5.27. The fourth-order valence-electron chi connectivity index (χ4n) is 1.65. The highest BCUT2D eigenvalue weighted by atomic mass is 19.1. The molecule has 0 spiro atoms. The Hall–Kier alpha value is -1.45. The van der Waals surface area contributed by atoms with E-state index in [9.17, 15) is 13.6 Å². The number of hydrogen-bond donors (Lipinski definition) is 0. The molecule has 1 saturated carbocycles. The van der Waals surface area contributed by atoms with Crippen molar-refractivity contribution in [2.75, 3.05) is 6.61 Å². The van der Waals surface area contributed by atoms with Gasteiger partial charge in [-0.1, -0.05) is 6.42 Å². The number of ether oxygens (including phenoxy) is 1. The van der Waals surface area contributed by atoms with Gasteiger partial charge in [-0.2, -0.15) is 0 Å². The van der Waals surface area contributed by atoms with Crippen LogP contribution in [-0.4, -0.2) is 12.9 Å². The van der Waals surface area contributed by atoms with Crippen molar-refractivity contribution in [1.82, 2.24) is 0 Å². The summed E-state index contributed by atoms with van der Waals surface area (Å²) >= 11 is 0. The SMILES string of the molecule is O=Cc1cc(F)c(OCC2CCC2)c(F)c1. The van der Waals surface area contributed by atoms with Gasteiger partial charge in [0.2, 0.25) is 0 Å².